The minimum Gasteiger partial charge on any atom is -0.377 e. The molecule has 0 amide bonds. The predicted octanol–water partition coefficient (Wildman–Crippen LogP) is 2.97. The van der Waals surface area contributed by atoms with Crippen LogP contribution in [0, 0.1) is 0 Å². The molecule has 4 unspecified atom stereocenters. The molecule has 0 bridgehead atoms. The molecule has 0 aliphatic heterocycles. The predicted molar refractivity (Wildman–Crippen MR) is 74.8 cm³/mol. The van der Waals surface area contributed by atoms with E-state index in [1.807, 2.05) is 0 Å². The van der Waals surface area contributed by atoms with Gasteiger partial charge in [-0.25, -0.2) is 0 Å². The maximum absolute atomic E-state index is 5.81. The lowest BCUT2D eigenvalue weighted by Gasteiger charge is -2.30. The number of hydrogen-bond acceptors (Lipinski definition) is 4. The molecule has 0 N–H and O–H groups in total. The highest BCUT2D eigenvalue weighted by Crippen LogP contribution is 2.24. The highest BCUT2D eigenvalue weighted by Gasteiger charge is 2.23. The minimum absolute atomic E-state index is 0.318. The Morgan fingerprint density at radius 1 is 1.00 bits per heavy atom. The van der Waals surface area contributed by atoms with Gasteiger partial charge in [0.15, 0.2) is 0 Å². The van der Waals surface area contributed by atoms with Gasteiger partial charge < -0.3 is 9.47 Å². The molecule has 0 aromatic rings. The first-order valence-electron chi connectivity index (χ1n) is 6.17. The van der Waals surface area contributed by atoms with Crippen LogP contribution in [0.25, 0.3) is 0 Å². The van der Waals surface area contributed by atoms with Crippen molar-refractivity contribution < 1.29 is 9.47 Å². The van der Waals surface area contributed by atoms with Gasteiger partial charge in [0, 0.05) is 10.5 Å². The molecule has 96 valence electrons. The summed E-state index contributed by atoms with van der Waals surface area (Å²) < 4.78 is 11.6. The van der Waals surface area contributed by atoms with E-state index in [4.69, 9.17) is 9.47 Å². The molecule has 2 nitrogen and oxygen atoms in total. The molecule has 1 fully saturated rings. The van der Waals surface area contributed by atoms with Crippen molar-refractivity contribution in [2.24, 2.45) is 0 Å². The minimum atomic E-state index is 0.318. The van der Waals surface area contributed by atoms with Gasteiger partial charge in [0.05, 0.1) is 25.4 Å². The standard InChI is InChI=1S/C12H24O2S2/c1-9(15)7-13-11-4-3-5-12(6-11)14-8-10(2)16/h9-12,15-16H,3-8H2,1-2H3. The summed E-state index contributed by atoms with van der Waals surface area (Å²) in [5.74, 6) is 0. The maximum atomic E-state index is 5.81. The summed E-state index contributed by atoms with van der Waals surface area (Å²) in [6, 6.07) is 0. The molecule has 0 spiro atoms. The summed E-state index contributed by atoms with van der Waals surface area (Å²) in [4.78, 5) is 0. The van der Waals surface area contributed by atoms with Gasteiger partial charge in [-0.3, -0.25) is 0 Å². The average molecular weight is 264 g/mol. The molecule has 4 heteroatoms. The summed E-state index contributed by atoms with van der Waals surface area (Å²) >= 11 is 8.64. The lowest BCUT2D eigenvalue weighted by molar-refractivity contribution is -0.0424. The van der Waals surface area contributed by atoms with Crippen LogP contribution in [0.4, 0.5) is 0 Å². The summed E-state index contributed by atoms with van der Waals surface area (Å²) in [6.45, 7) is 5.60. The molecule has 0 saturated heterocycles. The Morgan fingerprint density at radius 3 is 1.81 bits per heavy atom. The molecule has 0 heterocycles. The van der Waals surface area contributed by atoms with Gasteiger partial charge in [-0.05, 0) is 25.7 Å². The zero-order valence-electron chi connectivity index (χ0n) is 10.3. The van der Waals surface area contributed by atoms with Crippen molar-refractivity contribution in [1.82, 2.24) is 0 Å². The molecule has 1 saturated carbocycles. The summed E-state index contributed by atoms with van der Waals surface area (Å²) in [7, 11) is 0. The Bertz CT molecular complexity index is 168. The van der Waals surface area contributed by atoms with E-state index in [-0.39, 0.29) is 0 Å². The number of rotatable bonds is 6. The first kappa shape index (κ1) is 14.7. The van der Waals surface area contributed by atoms with E-state index in [1.54, 1.807) is 0 Å². The normalized spacial score (nSPS) is 30.0. The van der Waals surface area contributed by atoms with E-state index in [9.17, 15) is 0 Å². The summed E-state index contributed by atoms with van der Waals surface area (Å²) in [5, 5.41) is 0.637. The molecule has 0 aromatic carbocycles. The van der Waals surface area contributed by atoms with Crippen molar-refractivity contribution in [3.63, 3.8) is 0 Å². The SMILES string of the molecule is CC(S)COC1CCCC(OCC(C)S)C1. The van der Waals surface area contributed by atoms with Crippen molar-refractivity contribution >= 4 is 25.3 Å². The van der Waals surface area contributed by atoms with Crippen LogP contribution >= 0.6 is 25.3 Å². The molecular weight excluding hydrogens is 240 g/mol. The molecule has 16 heavy (non-hydrogen) atoms. The van der Waals surface area contributed by atoms with E-state index in [1.165, 1.54) is 6.42 Å². The van der Waals surface area contributed by atoms with Crippen LogP contribution in [0.2, 0.25) is 0 Å². The van der Waals surface area contributed by atoms with Gasteiger partial charge >= 0.3 is 0 Å². The van der Waals surface area contributed by atoms with Crippen molar-refractivity contribution in [2.75, 3.05) is 13.2 Å². The molecule has 1 aliphatic carbocycles. The molecule has 4 atom stereocenters. The Hall–Kier alpha value is 0.620. The fourth-order valence-electron chi connectivity index (χ4n) is 1.96. The Kier molecular flexibility index (Phi) is 7.20. The molecule has 0 aromatic heterocycles. The molecule has 0 radical (unpaired) electrons. The first-order valence-corrected chi connectivity index (χ1v) is 7.20. The molecule has 1 aliphatic rings. The van der Waals surface area contributed by atoms with Crippen molar-refractivity contribution in [3.05, 3.63) is 0 Å². The Morgan fingerprint density at radius 2 is 1.44 bits per heavy atom. The second-order valence-electron chi connectivity index (χ2n) is 4.78. The lowest BCUT2D eigenvalue weighted by atomic mass is 9.95. The van der Waals surface area contributed by atoms with Crippen LogP contribution in [0.3, 0.4) is 0 Å². The van der Waals surface area contributed by atoms with Gasteiger partial charge in [0.25, 0.3) is 0 Å². The zero-order chi connectivity index (χ0) is 12.0. The third-order valence-electron chi connectivity index (χ3n) is 2.72. The maximum Gasteiger partial charge on any atom is 0.0600 e. The van der Waals surface area contributed by atoms with Crippen LogP contribution in [0.15, 0.2) is 0 Å². The third-order valence-corrected chi connectivity index (χ3v) is 3.02. The van der Waals surface area contributed by atoms with Crippen LogP contribution < -0.4 is 0 Å². The van der Waals surface area contributed by atoms with Crippen LogP contribution in [0.5, 0.6) is 0 Å². The third kappa shape index (κ3) is 6.38. The van der Waals surface area contributed by atoms with Gasteiger partial charge in [0.2, 0.25) is 0 Å². The fraction of sp³-hybridized carbons (Fsp3) is 1.00. The zero-order valence-corrected chi connectivity index (χ0v) is 12.1. The Labute approximate surface area is 110 Å². The van der Waals surface area contributed by atoms with Crippen molar-refractivity contribution in [1.29, 1.82) is 0 Å². The Balaban J connectivity index is 2.19. The number of ether oxygens (including phenoxy) is 2. The first-order chi connectivity index (χ1) is 7.58. The van der Waals surface area contributed by atoms with Gasteiger partial charge in [-0.1, -0.05) is 13.8 Å². The monoisotopic (exact) mass is 264 g/mol. The van der Waals surface area contributed by atoms with Crippen molar-refractivity contribution in [2.45, 2.75) is 62.2 Å². The smallest absolute Gasteiger partial charge is 0.0600 e. The fourth-order valence-corrected chi connectivity index (χ4v) is 2.13. The van der Waals surface area contributed by atoms with Gasteiger partial charge in [-0.15, -0.1) is 0 Å². The summed E-state index contributed by atoms with van der Waals surface area (Å²) in [5.41, 5.74) is 0. The molecule has 1 rings (SSSR count). The highest BCUT2D eigenvalue weighted by atomic mass is 32.1. The van der Waals surface area contributed by atoms with Crippen LogP contribution in [-0.2, 0) is 9.47 Å². The summed E-state index contributed by atoms with van der Waals surface area (Å²) in [6.07, 6.45) is 5.29. The highest BCUT2D eigenvalue weighted by molar-refractivity contribution is 7.81. The van der Waals surface area contributed by atoms with E-state index >= 15 is 0 Å². The van der Waals surface area contributed by atoms with E-state index in [0.717, 1.165) is 32.5 Å². The topological polar surface area (TPSA) is 18.5 Å². The van der Waals surface area contributed by atoms with E-state index in [0.29, 0.717) is 22.7 Å². The van der Waals surface area contributed by atoms with E-state index < -0.39 is 0 Å². The molecular formula is C12H24O2S2. The second-order valence-corrected chi connectivity index (χ2v) is 6.54. The lowest BCUT2D eigenvalue weighted by Crippen LogP contribution is -2.30. The average Bonchev–Trinajstić information content (AvgIpc) is 2.24. The number of thiol groups is 2. The number of hydrogen-bond donors (Lipinski definition) is 2. The van der Waals surface area contributed by atoms with Crippen molar-refractivity contribution in [3.8, 4) is 0 Å². The largest absolute Gasteiger partial charge is 0.377 e. The van der Waals surface area contributed by atoms with E-state index in [2.05, 4.69) is 39.1 Å². The van der Waals surface area contributed by atoms with Crippen LogP contribution in [-0.4, -0.2) is 35.9 Å². The second kappa shape index (κ2) is 7.85. The van der Waals surface area contributed by atoms with Crippen LogP contribution in [0.1, 0.15) is 39.5 Å². The quantitative estimate of drug-likeness (QED) is 0.719. The van der Waals surface area contributed by atoms with Gasteiger partial charge in [0.1, 0.15) is 0 Å². The van der Waals surface area contributed by atoms with Gasteiger partial charge in [-0.2, -0.15) is 25.3 Å².